The van der Waals surface area contributed by atoms with E-state index in [0.717, 1.165) is 58.5 Å². The summed E-state index contributed by atoms with van der Waals surface area (Å²) in [6.45, 7) is 1.11. The Hall–Kier alpha value is -2.98. The van der Waals surface area contributed by atoms with Gasteiger partial charge in [0.25, 0.3) is 0 Å². The van der Waals surface area contributed by atoms with Gasteiger partial charge < -0.3 is 24.8 Å². The Labute approximate surface area is 206 Å². The quantitative estimate of drug-likeness (QED) is 0.430. The zero-order valence-electron chi connectivity index (χ0n) is 18.8. The lowest BCUT2D eigenvalue weighted by Gasteiger charge is -2.32. The van der Waals surface area contributed by atoms with E-state index in [9.17, 15) is 4.79 Å². The average molecular weight is 499 g/mol. The van der Waals surface area contributed by atoms with Crippen molar-refractivity contribution in [3.63, 3.8) is 0 Å². The molecule has 0 saturated heterocycles. The van der Waals surface area contributed by atoms with Gasteiger partial charge in [-0.3, -0.25) is 4.79 Å². The molecular formula is C24H26N4O4S2. The molecule has 5 rings (SSSR count). The van der Waals surface area contributed by atoms with Gasteiger partial charge in [-0.15, -0.1) is 10.2 Å². The van der Waals surface area contributed by atoms with Gasteiger partial charge >= 0.3 is 0 Å². The first-order valence-corrected chi connectivity index (χ1v) is 13.0. The second-order valence-electron chi connectivity index (χ2n) is 8.18. The fourth-order valence-corrected chi connectivity index (χ4v) is 5.98. The Bertz CT molecular complexity index is 1160. The number of rotatable bonds is 8. The molecule has 34 heavy (non-hydrogen) atoms. The van der Waals surface area contributed by atoms with Crippen LogP contribution >= 0.6 is 23.1 Å². The Morgan fingerprint density at radius 2 is 1.91 bits per heavy atom. The molecule has 2 aliphatic rings. The van der Waals surface area contributed by atoms with Gasteiger partial charge in [0.05, 0.1) is 24.1 Å². The second-order valence-corrected chi connectivity index (χ2v) is 10.4. The summed E-state index contributed by atoms with van der Waals surface area (Å²) in [5.41, 5.74) is 1.52. The molecule has 1 aliphatic carbocycles. The Morgan fingerprint density at radius 1 is 1.12 bits per heavy atom. The molecule has 0 spiro atoms. The first-order chi connectivity index (χ1) is 16.6. The zero-order chi connectivity index (χ0) is 23.4. The summed E-state index contributed by atoms with van der Waals surface area (Å²) in [6.07, 6.45) is 3.98. The van der Waals surface area contributed by atoms with E-state index >= 15 is 0 Å². The number of fused-ring (bicyclic) bond motifs is 1. The van der Waals surface area contributed by atoms with Gasteiger partial charge in [0.1, 0.15) is 19.0 Å². The minimum Gasteiger partial charge on any atom is -0.495 e. The number of ether oxygens (including phenoxy) is 3. The van der Waals surface area contributed by atoms with E-state index in [4.69, 9.17) is 14.2 Å². The highest BCUT2D eigenvalue weighted by Crippen LogP contribution is 2.42. The van der Waals surface area contributed by atoms with Crippen LogP contribution < -0.4 is 24.8 Å². The van der Waals surface area contributed by atoms with Crippen LogP contribution in [0.4, 0.5) is 10.8 Å². The molecule has 3 aromatic rings. The van der Waals surface area contributed by atoms with Gasteiger partial charge in [0, 0.05) is 0 Å². The van der Waals surface area contributed by atoms with E-state index in [1.165, 1.54) is 23.1 Å². The van der Waals surface area contributed by atoms with E-state index in [-0.39, 0.29) is 17.2 Å². The summed E-state index contributed by atoms with van der Waals surface area (Å²) in [4.78, 5) is 13.0. The number of para-hydroxylation sites is 2. The molecule has 2 N–H and O–H groups in total. The number of benzene rings is 2. The Morgan fingerprint density at radius 3 is 2.74 bits per heavy atom. The molecular weight excluding hydrogens is 472 g/mol. The number of methoxy groups -OCH3 is 1. The normalized spacial score (nSPS) is 16.1. The van der Waals surface area contributed by atoms with Crippen molar-refractivity contribution < 1.29 is 19.0 Å². The molecule has 0 bridgehead atoms. The molecule has 10 heteroatoms. The fourth-order valence-electron chi connectivity index (χ4n) is 4.42. The summed E-state index contributed by atoms with van der Waals surface area (Å²) < 4.78 is 17.5. The number of hydrogen-bond donors (Lipinski definition) is 2. The molecule has 1 fully saturated rings. The number of aromatic nitrogens is 2. The lowest BCUT2D eigenvalue weighted by atomic mass is 9.87. The third kappa shape index (κ3) is 4.92. The first-order valence-electron chi connectivity index (χ1n) is 11.2. The molecule has 178 valence electrons. The molecule has 1 aliphatic heterocycles. The Kier molecular flexibility index (Phi) is 6.77. The van der Waals surface area contributed by atoms with Gasteiger partial charge in [-0.1, -0.05) is 54.1 Å². The van der Waals surface area contributed by atoms with E-state index in [0.29, 0.717) is 18.3 Å². The van der Waals surface area contributed by atoms with E-state index in [2.05, 4.69) is 20.8 Å². The van der Waals surface area contributed by atoms with Crippen molar-refractivity contribution in [2.24, 2.45) is 0 Å². The monoisotopic (exact) mass is 498 g/mol. The number of nitrogens with zero attached hydrogens (tertiary/aromatic N) is 2. The molecule has 0 unspecified atom stereocenters. The Balaban J connectivity index is 1.22. The highest BCUT2D eigenvalue weighted by Gasteiger charge is 2.37. The highest BCUT2D eigenvalue weighted by molar-refractivity contribution is 8.01. The maximum Gasteiger partial charge on any atom is 0.231 e. The molecule has 1 saturated carbocycles. The fraction of sp³-hybridized carbons (Fsp3) is 0.375. The van der Waals surface area contributed by atoms with E-state index in [1.807, 2.05) is 42.5 Å². The van der Waals surface area contributed by atoms with E-state index in [1.54, 1.807) is 7.11 Å². The standard InChI is InChI=1S/C24H26N4O4S2/c1-30-18-7-3-2-6-17(18)25-22-27-28-23(34-22)33-15-21(29)26-24(10-4-5-11-24)16-8-9-19-20(14-16)32-13-12-31-19/h2-3,6-9,14H,4-5,10-13,15H2,1H3,(H,25,27)(H,26,29). The molecule has 8 nitrogen and oxygen atoms in total. The molecule has 2 heterocycles. The van der Waals surface area contributed by atoms with Crippen molar-refractivity contribution in [3.05, 3.63) is 48.0 Å². The lowest BCUT2D eigenvalue weighted by Crippen LogP contribution is -2.44. The molecule has 2 aromatic carbocycles. The van der Waals surface area contributed by atoms with Crippen molar-refractivity contribution in [1.29, 1.82) is 0 Å². The predicted molar refractivity (Wildman–Crippen MR) is 133 cm³/mol. The zero-order valence-corrected chi connectivity index (χ0v) is 20.5. The van der Waals surface area contributed by atoms with Crippen molar-refractivity contribution in [2.75, 3.05) is 31.4 Å². The smallest absolute Gasteiger partial charge is 0.231 e. The second kappa shape index (κ2) is 10.1. The molecule has 0 radical (unpaired) electrons. The van der Waals surface area contributed by atoms with Crippen LogP contribution in [0.25, 0.3) is 0 Å². The van der Waals surface area contributed by atoms with Crippen LogP contribution in [0.2, 0.25) is 0 Å². The number of carbonyl (C=O) groups is 1. The number of anilines is 2. The van der Waals surface area contributed by atoms with Gasteiger partial charge in [0.2, 0.25) is 11.0 Å². The van der Waals surface area contributed by atoms with Gasteiger partial charge in [-0.05, 0) is 42.7 Å². The van der Waals surface area contributed by atoms with Crippen LogP contribution in [0.3, 0.4) is 0 Å². The minimum atomic E-state index is -0.370. The molecule has 0 atom stereocenters. The van der Waals surface area contributed by atoms with Gasteiger partial charge in [0.15, 0.2) is 15.8 Å². The largest absolute Gasteiger partial charge is 0.495 e. The third-order valence-electron chi connectivity index (χ3n) is 6.01. The number of thioether (sulfide) groups is 1. The topological polar surface area (TPSA) is 94.6 Å². The van der Waals surface area contributed by atoms with Crippen molar-refractivity contribution in [2.45, 2.75) is 35.6 Å². The summed E-state index contributed by atoms with van der Waals surface area (Å²) in [5, 5.41) is 15.6. The van der Waals surface area contributed by atoms with Crippen molar-refractivity contribution in [3.8, 4) is 17.2 Å². The van der Waals surface area contributed by atoms with Crippen LogP contribution in [-0.2, 0) is 10.3 Å². The number of nitrogens with one attached hydrogen (secondary N) is 2. The van der Waals surface area contributed by atoms with Crippen LogP contribution in [-0.4, -0.2) is 42.2 Å². The summed E-state index contributed by atoms with van der Waals surface area (Å²) >= 11 is 2.79. The number of carbonyl (C=O) groups excluding carboxylic acids is 1. The number of hydrogen-bond acceptors (Lipinski definition) is 9. The van der Waals surface area contributed by atoms with Crippen molar-refractivity contribution in [1.82, 2.24) is 15.5 Å². The predicted octanol–water partition coefficient (Wildman–Crippen LogP) is 4.74. The average Bonchev–Trinajstić information content (AvgIpc) is 3.53. The molecule has 1 amide bonds. The van der Waals surface area contributed by atoms with Gasteiger partial charge in [-0.2, -0.15) is 0 Å². The number of amides is 1. The highest BCUT2D eigenvalue weighted by atomic mass is 32.2. The van der Waals surface area contributed by atoms with Crippen LogP contribution in [0, 0.1) is 0 Å². The minimum absolute atomic E-state index is 0.0174. The van der Waals surface area contributed by atoms with Gasteiger partial charge in [-0.25, -0.2) is 0 Å². The molecule has 1 aromatic heterocycles. The summed E-state index contributed by atoms with van der Waals surface area (Å²) in [6, 6.07) is 13.6. The van der Waals surface area contributed by atoms with Crippen molar-refractivity contribution >= 4 is 39.8 Å². The summed E-state index contributed by atoms with van der Waals surface area (Å²) in [5.74, 6) is 2.50. The summed E-state index contributed by atoms with van der Waals surface area (Å²) in [7, 11) is 1.63. The van der Waals surface area contributed by atoms with Crippen LogP contribution in [0.1, 0.15) is 31.2 Å². The van der Waals surface area contributed by atoms with Crippen LogP contribution in [0.15, 0.2) is 46.8 Å². The third-order valence-corrected chi connectivity index (χ3v) is 7.98. The maximum absolute atomic E-state index is 13.0. The van der Waals surface area contributed by atoms with E-state index < -0.39 is 0 Å². The first kappa shape index (κ1) is 22.8. The SMILES string of the molecule is COc1ccccc1Nc1nnc(SCC(=O)NC2(c3ccc4c(c3)OCCO4)CCCC2)s1. The van der Waals surface area contributed by atoms with Crippen LogP contribution in [0.5, 0.6) is 17.2 Å². The lowest BCUT2D eigenvalue weighted by molar-refractivity contribution is -0.120. The maximum atomic E-state index is 13.0.